The summed E-state index contributed by atoms with van der Waals surface area (Å²) in [4.78, 5) is 4.54. The molecule has 0 spiro atoms. The fourth-order valence-corrected chi connectivity index (χ4v) is 2.57. The summed E-state index contributed by atoms with van der Waals surface area (Å²) in [6, 6.07) is 11.5. The Morgan fingerprint density at radius 2 is 1.95 bits per heavy atom. The van der Waals surface area contributed by atoms with E-state index in [1.54, 1.807) is 0 Å². The molecular formula is C17H24N2. The van der Waals surface area contributed by atoms with Crippen LogP contribution < -0.4 is 5.32 Å². The van der Waals surface area contributed by atoms with E-state index in [4.69, 9.17) is 0 Å². The molecule has 0 saturated carbocycles. The Morgan fingerprint density at radius 1 is 1.16 bits per heavy atom. The molecule has 102 valence electrons. The lowest BCUT2D eigenvalue weighted by Crippen LogP contribution is -2.30. The second-order valence-electron chi connectivity index (χ2n) is 5.66. The van der Waals surface area contributed by atoms with E-state index in [0.717, 1.165) is 17.6 Å². The van der Waals surface area contributed by atoms with Crippen molar-refractivity contribution < 1.29 is 0 Å². The molecule has 2 aromatic rings. The molecule has 1 heterocycles. The van der Waals surface area contributed by atoms with Crippen molar-refractivity contribution in [1.82, 2.24) is 10.3 Å². The van der Waals surface area contributed by atoms with Gasteiger partial charge in [0.15, 0.2) is 0 Å². The topological polar surface area (TPSA) is 24.9 Å². The number of nitrogens with zero attached hydrogens (tertiary/aromatic N) is 1. The molecule has 2 heteroatoms. The molecule has 1 unspecified atom stereocenters. The van der Waals surface area contributed by atoms with Gasteiger partial charge in [-0.15, -0.1) is 0 Å². The van der Waals surface area contributed by atoms with Crippen LogP contribution in [0.25, 0.3) is 10.9 Å². The molecule has 1 atom stereocenters. The summed E-state index contributed by atoms with van der Waals surface area (Å²) in [6.45, 7) is 6.58. The van der Waals surface area contributed by atoms with Gasteiger partial charge in [-0.2, -0.15) is 0 Å². The van der Waals surface area contributed by atoms with Gasteiger partial charge in [0.05, 0.1) is 5.52 Å². The summed E-state index contributed by atoms with van der Waals surface area (Å²) in [6.07, 6.45) is 2.30. The smallest absolute Gasteiger partial charge is 0.0705 e. The van der Waals surface area contributed by atoms with Crippen LogP contribution in [0.4, 0.5) is 0 Å². The van der Waals surface area contributed by atoms with Crippen LogP contribution in [0.5, 0.6) is 0 Å². The van der Waals surface area contributed by atoms with Gasteiger partial charge in [-0.05, 0) is 56.5 Å². The van der Waals surface area contributed by atoms with Gasteiger partial charge in [0.25, 0.3) is 0 Å². The van der Waals surface area contributed by atoms with Crippen LogP contribution in [0, 0.1) is 12.8 Å². The number of fused-ring (bicyclic) bond motifs is 1. The standard InChI is InChI=1S/C17H24N2/c1-12(2)16(18-4)9-6-14-7-10-17-15(11-14)8-5-13(3)19-17/h5,7-8,10-12,16,18H,6,9H2,1-4H3. The van der Waals surface area contributed by atoms with Crippen LogP contribution in [0.2, 0.25) is 0 Å². The van der Waals surface area contributed by atoms with Gasteiger partial charge in [0.2, 0.25) is 0 Å². The first kappa shape index (κ1) is 14.0. The average Bonchev–Trinajstić information content (AvgIpc) is 2.39. The highest BCUT2D eigenvalue weighted by Crippen LogP contribution is 2.17. The maximum Gasteiger partial charge on any atom is 0.0705 e. The van der Waals surface area contributed by atoms with Gasteiger partial charge < -0.3 is 5.32 Å². The van der Waals surface area contributed by atoms with Crippen LogP contribution >= 0.6 is 0 Å². The number of hydrogen-bond acceptors (Lipinski definition) is 2. The van der Waals surface area contributed by atoms with Crippen molar-refractivity contribution >= 4 is 10.9 Å². The molecule has 0 bridgehead atoms. The van der Waals surface area contributed by atoms with Gasteiger partial charge in [-0.1, -0.05) is 26.0 Å². The molecule has 0 radical (unpaired) electrons. The summed E-state index contributed by atoms with van der Waals surface area (Å²) < 4.78 is 0. The van der Waals surface area contributed by atoms with Crippen LogP contribution in [0.15, 0.2) is 30.3 Å². The zero-order valence-electron chi connectivity index (χ0n) is 12.4. The summed E-state index contributed by atoms with van der Waals surface area (Å²) in [5.74, 6) is 0.676. The zero-order chi connectivity index (χ0) is 13.8. The van der Waals surface area contributed by atoms with Gasteiger partial charge in [0.1, 0.15) is 0 Å². The van der Waals surface area contributed by atoms with E-state index < -0.39 is 0 Å². The summed E-state index contributed by atoms with van der Waals surface area (Å²) >= 11 is 0. The van der Waals surface area contributed by atoms with Crippen molar-refractivity contribution in [3.63, 3.8) is 0 Å². The van der Waals surface area contributed by atoms with Crippen molar-refractivity contribution in [1.29, 1.82) is 0 Å². The molecule has 0 amide bonds. The van der Waals surface area contributed by atoms with E-state index in [1.807, 2.05) is 6.92 Å². The highest BCUT2D eigenvalue weighted by atomic mass is 14.9. The number of aryl methyl sites for hydroxylation is 2. The summed E-state index contributed by atoms with van der Waals surface area (Å²) in [7, 11) is 2.05. The van der Waals surface area contributed by atoms with Gasteiger partial charge >= 0.3 is 0 Å². The Balaban J connectivity index is 2.11. The first-order chi connectivity index (χ1) is 9.10. The maximum atomic E-state index is 4.54. The largest absolute Gasteiger partial charge is 0.317 e. The predicted molar refractivity (Wildman–Crippen MR) is 82.5 cm³/mol. The van der Waals surface area contributed by atoms with E-state index in [1.165, 1.54) is 17.4 Å². The third-order valence-electron chi connectivity index (χ3n) is 3.81. The summed E-state index contributed by atoms with van der Waals surface area (Å²) in [5.41, 5.74) is 3.58. The second kappa shape index (κ2) is 6.16. The van der Waals surface area contributed by atoms with Gasteiger partial charge in [-0.3, -0.25) is 4.98 Å². The minimum Gasteiger partial charge on any atom is -0.317 e. The third-order valence-corrected chi connectivity index (χ3v) is 3.81. The monoisotopic (exact) mass is 256 g/mol. The fraction of sp³-hybridized carbons (Fsp3) is 0.471. The maximum absolute atomic E-state index is 4.54. The van der Waals surface area contributed by atoms with Crippen LogP contribution in [-0.2, 0) is 6.42 Å². The van der Waals surface area contributed by atoms with Crippen molar-refractivity contribution in [2.75, 3.05) is 7.05 Å². The lowest BCUT2D eigenvalue weighted by molar-refractivity contribution is 0.403. The number of benzene rings is 1. The molecule has 0 saturated heterocycles. The molecule has 0 fully saturated rings. The Bertz CT molecular complexity index is 546. The Morgan fingerprint density at radius 3 is 2.63 bits per heavy atom. The van der Waals surface area contributed by atoms with Gasteiger partial charge in [-0.25, -0.2) is 0 Å². The number of rotatable bonds is 5. The third kappa shape index (κ3) is 3.54. The lowest BCUT2D eigenvalue weighted by atomic mass is 9.96. The molecule has 0 aliphatic rings. The molecule has 0 aliphatic carbocycles. The molecular weight excluding hydrogens is 232 g/mol. The first-order valence-corrected chi connectivity index (χ1v) is 7.13. The summed E-state index contributed by atoms with van der Waals surface area (Å²) in [5, 5.41) is 4.65. The first-order valence-electron chi connectivity index (χ1n) is 7.13. The second-order valence-corrected chi connectivity index (χ2v) is 5.66. The van der Waals surface area contributed by atoms with Crippen LogP contribution in [0.1, 0.15) is 31.5 Å². The minimum absolute atomic E-state index is 0.590. The van der Waals surface area contributed by atoms with Crippen molar-refractivity contribution in [3.8, 4) is 0 Å². The molecule has 1 aromatic heterocycles. The number of nitrogens with one attached hydrogen (secondary N) is 1. The Hall–Kier alpha value is -1.41. The fourth-order valence-electron chi connectivity index (χ4n) is 2.57. The SMILES string of the molecule is CNC(CCc1ccc2nc(C)ccc2c1)C(C)C. The van der Waals surface area contributed by atoms with E-state index in [-0.39, 0.29) is 0 Å². The van der Waals surface area contributed by atoms with Gasteiger partial charge in [0, 0.05) is 17.1 Å². The van der Waals surface area contributed by atoms with E-state index in [9.17, 15) is 0 Å². The van der Waals surface area contributed by atoms with Crippen molar-refractivity contribution in [2.45, 2.75) is 39.7 Å². The van der Waals surface area contributed by atoms with Crippen molar-refractivity contribution in [2.24, 2.45) is 5.92 Å². The number of aromatic nitrogens is 1. The number of hydrogen-bond donors (Lipinski definition) is 1. The Kier molecular flexibility index (Phi) is 4.54. The molecule has 1 N–H and O–H groups in total. The van der Waals surface area contributed by atoms with Crippen LogP contribution in [-0.4, -0.2) is 18.1 Å². The lowest BCUT2D eigenvalue weighted by Gasteiger charge is -2.20. The van der Waals surface area contributed by atoms with E-state index in [0.29, 0.717) is 12.0 Å². The minimum atomic E-state index is 0.590. The number of pyridine rings is 1. The molecule has 0 aliphatic heterocycles. The molecule has 19 heavy (non-hydrogen) atoms. The van der Waals surface area contributed by atoms with Crippen LogP contribution in [0.3, 0.4) is 0 Å². The zero-order valence-corrected chi connectivity index (χ0v) is 12.4. The normalized spacial score (nSPS) is 13.1. The Labute approximate surface area is 116 Å². The molecule has 2 nitrogen and oxygen atoms in total. The average molecular weight is 256 g/mol. The van der Waals surface area contributed by atoms with E-state index >= 15 is 0 Å². The predicted octanol–water partition coefficient (Wildman–Crippen LogP) is 3.72. The quantitative estimate of drug-likeness (QED) is 0.882. The highest BCUT2D eigenvalue weighted by molar-refractivity contribution is 5.79. The molecule has 2 rings (SSSR count). The van der Waals surface area contributed by atoms with Crippen molar-refractivity contribution in [3.05, 3.63) is 41.6 Å². The highest BCUT2D eigenvalue weighted by Gasteiger charge is 2.10. The van der Waals surface area contributed by atoms with E-state index in [2.05, 4.69) is 61.5 Å². The molecule has 1 aromatic carbocycles.